The molecule has 0 aromatic carbocycles. The van der Waals surface area contributed by atoms with Crippen LogP contribution in [0.2, 0.25) is 0 Å². The van der Waals surface area contributed by atoms with E-state index in [4.69, 9.17) is 0 Å². The largest absolute Gasteiger partial charge is 0.265 e. The van der Waals surface area contributed by atoms with E-state index in [0.29, 0.717) is 0 Å². The van der Waals surface area contributed by atoms with Crippen molar-refractivity contribution >= 4 is 6.72 Å². The van der Waals surface area contributed by atoms with Crippen LogP contribution in [0.3, 0.4) is 0 Å². The highest BCUT2D eigenvalue weighted by molar-refractivity contribution is 5.36. The van der Waals surface area contributed by atoms with Crippen molar-refractivity contribution in [3.8, 4) is 0 Å². The van der Waals surface area contributed by atoms with E-state index in [-0.39, 0.29) is 0 Å². The molecule has 68 valence electrons. The highest BCUT2D eigenvalue weighted by Gasteiger charge is 1.89. The van der Waals surface area contributed by atoms with Crippen molar-refractivity contribution in [1.82, 2.24) is 0 Å². The first-order valence-corrected chi connectivity index (χ1v) is 4.57. The molecule has 1 heteroatoms. The molecular formula is C12H15N. The van der Waals surface area contributed by atoms with Gasteiger partial charge in [-0.2, -0.15) is 0 Å². The zero-order valence-electron chi connectivity index (χ0n) is 8.03. The Morgan fingerprint density at radius 3 is 3.00 bits per heavy atom. The summed E-state index contributed by atoms with van der Waals surface area (Å²) in [7, 11) is 0. The Labute approximate surface area is 79.9 Å². The Hall–Kier alpha value is -1.37. The molecule has 0 unspecified atom stereocenters. The average molecular weight is 173 g/mol. The van der Waals surface area contributed by atoms with Crippen LogP contribution in [-0.4, -0.2) is 6.72 Å². The van der Waals surface area contributed by atoms with E-state index >= 15 is 0 Å². The molecule has 0 heterocycles. The van der Waals surface area contributed by atoms with Crippen molar-refractivity contribution < 1.29 is 0 Å². The van der Waals surface area contributed by atoms with Gasteiger partial charge in [0.2, 0.25) is 0 Å². The molecule has 0 bridgehead atoms. The number of aliphatic imine (C=N–C) groups is 1. The van der Waals surface area contributed by atoms with E-state index in [1.165, 1.54) is 5.57 Å². The van der Waals surface area contributed by atoms with Crippen LogP contribution in [-0.2, 0) is 0 Å². The summed E-state index contributed by atoms with van der Waals surface area (Å²) in [4.78, 5) is 3.90. The molecule has 1 rings (SSSR count). The Kier molecular flexibility index (Phi) is 3.97. The molecule has 1 nitrogen and oxygen atoms in total. The fraction of sp³-hybridized carbons (Fsp3) is 0.250. The van der Waals surface area contributed by atoms with Crippen LogP contribution in [0.4, 0.5) is 0 Å². The lowest BCUT2D eigenvalue weighted by molar-refractivity contribution is 1.14. The zero-order chi connectivity index (χ0) is 9.52. The number of hydrogen-bond acceptors (Lipinski definition) is 1. The van der Waals surface area contributed by atoms with Gasteiger partial charge in [0.25, 0.3) is 0 Å². The van der Waals surface area contributed by atoms with Crippen molar-refractivity contribution in [1.29, 1.82) is 0 Å². The van der Waals surface area contributed by atoms with E-state index in [1.807, 2.05) is 12.2 Å². The van der Waals surface area contributed by atoms with Gasteiger partial charge in [0, 0.05) is 0 Å². The Balaban J connectivity index is 2.84. The maximum atomic E-state index is 3.90. The Morgan fingerprint density at radius 1 is 1.46 bits per heavy atom. The van der Waals surface area contributed by atoms with E-state index in [0.717, 1.165) is 18.5 Å². The lowest BCUT2D eigenvalue weighted by Gasteiger charge is -1.91. The first kappa shape index (κ1) is 9.72. The summed E-state index contributed by atoms with van der Waals surface area (Å²) in [6, 6.07) is 0. The topological polar surface area (TPSA) is 12.4 Å². The molecule has 0 saturated carbocycles. The van der Waals surface area contributed by atoms with Gasteiger partial charge >= 0.3 is 0 Å². The van der Waals surface area contributed by atoms with Gasteiger partial charge in [0.1, 0.15) is 0 Å². The van der Waals surface area contributed by atoms with Crippen molar-refractivity contribution in [3.05, 3.63) is 47.7 Å². The summed E-state index contributed by atoms with van der Waals surface area (Å²) < 4.78 is 0. The summed E-state index contributed by atoms with van der Waals surface area (Å²) in [6.07, 6.45) is 14.5. The van der Waals surface area contributed by atoms with Gasteiger partial charge < -0.3 is 0 Å². The lowest BCUT2D eigenvalue weighted by atomic mass is 10.1. The number of rotatable bonds is 2. The highest BCUT2D eigenvalue weighted by atomic mass is 14.7. The van der Waals surface area contributed by atoms with Crippen LogP contribution in [0.15, 0.2) is 52.7 Å². The first-order chi connectivity index (χ1) is 6.36. The predicted molar refractivity (Wildman–Crippen MR) is 58.9 cm³/mol. The SMILES string of the molecule is C=NC1=C/C\C=C/C(CC)=C/C=C/1. The fourth-order valence-corrected chi connectivity index (χ4v) is 1.16. The van der Waals surface area contributed by atoms with Crippen LogP contribution in [0.1, 0.15) is 19.8 Å². The smallest absolute Gasteiger partial charge is 0.0585 e. The Morgan fingerprint density at radius 2 is 2.31 bits per heavy atom. The molecule has 0 aliphatic heterocycles. The van der Waals surface area contributed by atoms with Gasteiger partial charge in [0.05, 0.1) is 5.70 Å². The number of hydrogen-bond donors (Lipinski definition) is 0. The number of allylic oxidation sites excluding steroid dienone is 7. The second kappa shape index (κ2) is 5.31. The molecule has 0 N–H and O–H groups in total. The third kappa shape index (κ3) is 3.24. The quantitative estimate of drug-likeness (QED) is 0.567. The standard InChI is InChI=1S/C12H15N/c1-3-11-7-4-5-9-12(13-2)10-6-8-11/h4,6-10H,2-3,5H2,1H3/b7-4-,10-6+,11-8+,12-9-. The average Bonchev–Trinajstić information content (AvgIpc) is 2.28. The molecule has 1 aliphatic rings. The highest BCUT2D eigenvalue weighted by Crippen LogP contribution is 2.09. The van der Waals surface area contributed by atoms with Gasteiger partial charge in [-0.05, 0) is 31.2 Å². The maximum absolute atomic E-state index is 3.90. The summed E-state index contributed by atoms with van der Waals surface area (Å²) in [5, 5.41) is 0. The zero-order valence-corrected chi connectivity index (χ0v) is 8.03. The van der Waals surface area contributed by atoms with Crippen LogP contribution in [0.5, 0.6) is 0 Å². The van der Waals surface area contributed by atoms with E-state index < -0.39 is 0 Å². The van der Waals surface area contributed by atoms with Crippen molar-refractivity contribution in [2.24, 2.45) is 4.99 Å². The molecule has 0 saturated heterocycles. The van der Waals surface area contributed by atoms with Crippen molar-refractivity contribution in [2.75, 3.05) is 0 Å². The second-order valence-corrected chi connectivity index (χ2v) is 2.88. The summed E-state index contributed by atoms with van der Waals surface area (Å²) in [6.45, 7) is 5.67. The lowest BCUT2D eigenvalue weighted by Crippen LogP contribution is -1.71. The third-order valence-electron chi connectivity index (χ3n) is 1.96. The summed E-state index contributed by atoms with van der Waals surface area (Å²) >= 11 is 0. The summed E-state index contributed by atoms with van der Waals surface area (Å²) in [5.74, 6) is 0. The van der Waals surface area contributed by atoms with Crippen LogP contribution >= 0.6 is 0 Å². The fourth-order valence-electron chi connectivity index (χ4n) is 1.16. The van der Waals surface area contributed by atoms with Gasteiger partial charge in [-0.15, -0.1) is 0 Å². The minimum Gasteiger partial charge on any atom is -0.265 e. The molecule has 1 aliphatic carbocycles. The molecule has 0 fully saturated rings. The van der Waals surface area contributed by atoms with E-state index in [2.05, 4.69) is 42.9 Å². The van der Waals surface area contributed by atoms with Gasteiger partial charge in [-0.3, -0.25) is 4.99 Å². The summed E-state index contributed by atoms with van der Waals surface area (Å²) in [5.41, 5.74) is 2.29. The van der Waals surface area contributed by atoms with E-state index in [9.17, 15) is 0 Å². The molecule has 0 amide bonds. The minimum absolute atomic E-state index is 0.927. The molecule has 0 spiro atoms. The predicted octanol–water partition coefficient (Wildman–Crippen LogP) is 3.42. The molecule has 13 heavy (non-hydrogen) atoms. The minimum atomic E-state index is 0.927. The molecule has 0 aromatic rings. The van der Waals surface area contributed by atoms with E-state index in [1.54, 1.807) is 0 Å². The van der Waals surface area contributed by atoms with Crippen molar-refractivity contribution in [2.45, 2.75) is 19.8 Å². The van der Waals surface area contributed by atoms with Gasteiger partial charge in [-0.25, -0.2) is 0 Å². The maximum Gasteiger partial charge on any atom is 0.0585 e. The number of nitrogens with zero attached hydrogens (tertiary/aromatic N) is 1. The molecule has 0 atom stereocenters. The second-order valence-electron chi connectivity index (χ2n) is 2.88. The Bertz CT molecular complexity index is 290. The van der Waals surface area contributed by atoms with Gasteiger partial charge in [0.15, 0.2) is 0 Å². The monoisotopic (exact) mass is 173 g/mol. The first-order valence-electron chi connectivity index (χ1n) is 4.57. The molecule has 0 aromatic heterocycles. The van der Waals surface area contributed by atoms with Crippen LogP contribution in [0, 0.1) is 0 Å². The molecular weight excluding hydrogens is 158 g/mol. The normalized spacial score (nSPS) is 29.6. The van der Waals surface area contributed by atoms with Crippen molar-refractivity contribution in [3.63, 3.8) is 0 Å². The third-order valence-corrected chi connectivity index (χ3v) is 1.96. The van der Waals surface area contributed by atoms with Crippen LogP contribution in [0.25, 0.3) is 0 Å². The van der Waals surface area contributed by atoms with Crippen LogP contribution < -0.4 is 0 Å². The van der Waals surface area contributed by atoms with Gasteiger partial charge in [-0.1, -0.05) is 37.3 Å². The molecule has 0 radical (unpaired) electrons.